The quantitative estimate of drug-likeness (QED) is 0.321. The highest BCUT2D eigenvalue weighted by molar-refractivity contribution is 8.00. The van der Waals surface area contributed by atoms with Crippen molar-refractivity contribution in [2.45, 2.75) is 22.7 Å². The van der Waals surface area contributed by atoms with E-state index in [1.54, 1.807) is 0 Å². The minimum atomic E-state index is -5.00. The number of alkyl halides is 3. The predicted octanol–water partition coefficient (Wildman–Crippen LogP) is 2.59. The van der Waals surface area contributed by atoms with Gasteiger partial charge in [-0.05, 0) is 24.6 Å². The summed E-state index contributed by atoms with van der Waals surface area (Å²) in [6.45, 7) is 3.21. The van der Waals surface area contributed by atoms with Crippen molar-refractivity contribution >= 4 is 35.2 Å². The molecule has 8 nitrogen and oxygen atoms in total. The van der Waals surface area contributed by atoms with Gasteiger partial charge < -0.3 is 10.4 Å². The van der Waals surface area contributed by atoms with Crippen LogP contribution in [0.2, 0.25) is 5.02 Å². The van der Waals surface area contributed by atoms with Crippen molar-refractivity contribution in [2.75, 3.05) is 6.54 Å². The third kappa shape index (κ3) is 6.05. The molecule has 0 bridgehead atoms. The van der Waals surface area contributed by atoms with E-state index in [4.69, 9.17) is 11.6 Å². The summed E-state index contributed by atoms with van der Waals surface area (Å²) < 4.78 is 54.0. The first-order valence-corrected chi connectivity index (χ1v) is 10.2. The summed E-state index contributed by atoms with van der Waals surface area (Å²) in [5.41, 5.74) is -5.13. The molecule has 0 radical (unpaired) electrons. The number of carbonyl (C=O) groups excluding carboxylic acids is 1. The maximum absolute atomic E-state index is 14.6. The number of carbonyl (C=O) groups is 2. The summed E-state index contributed by atoms with van der Waals surface area (Å²) in [7, 11) is 0.766. The van der Waals surface area contributed by atoms with Crippen LogP contribution in [0.4, 0.5) is 17.6 Å². The van der Waals surface area contributed by atoms with Crippen LogP contribution >= 0.6 is 23.4 Å². The van der Waals surface area contributed by atoms with Crippen LogP contribution < -0.4 is 16.6 Å². The molecule has 0 saturated heterocycles. The van der Waals surface area contributed by atoms with Gasteiger partial charge in [-0.2, -0.15) is 13.2 Å². The standard InChI is InChI=1S/C19H16ClF4N3O5S/c1-3-15(28)25-5-4-12(17(30)31)33-13-7-11(10(21)6-9(13)20)27-16(29)8-14(19(22,23)24)26(2)18(27)32/h3,6-8,12H,1,4-5H2,2H3,(H,25,28)(H,30,31). The Labute approximate surface area is 192 Å². The van der Waals surface area contributed by atoms with Crippen LogP contribution in [0.5, 0.6) is 0 Å². The van der Waals surface area contributed by atoms with E-state index in [-0.39, 0.29) is 38.1 Å². The molecule has 1 atom stereocenters. The predicted molar refractivity (Wildman–Crippen MR) is 112 cm³/mol. The number of aliphatic carboxylic acids is 1. The molecule has 2 rings (SSSR count). The normalized spacial score (nSPS) is 12.3. The number of carboxylic acids is 1. The highest BCUT2D eigenvalue weighted by atomic mass is 35.5. The molecule has 33 heavy (non-hydrogen) atoms. The summed E-state index contributed by atoms with van der Waals surface area (Å²) in [5.74, 6) is -3.01. The average Bonchev–Trinajstić information content (AvgIpc) is 2.71. The van der Waals surface area contributed by atoms with E-state index in [0.29, 0.717) is 17.8 Å². The Kier molecular flexibility index (Phi) is 8.14. The van der Waals surface area contributed by atoms with Crippen molar-refractivity contribution in [2.24, 2.45) is 7.05 Å². The number of rotatable bonds is 8. The van der Waals surface area contributed by atoms with Crippen LogP contribution in [0.3, 0.4) is 0 Å². The molecule has 0 spiro atoms. The van der Waals surface area contributed by atoms with E-state index >= 15 is 0 Å². The zero-order valence-corrected chi connectivity index (χ0v) is 18.4. The van der Waals surface area contributed by atoms with Crippen molar-refractivity contribution in [1.82, 2.24) is 14.5 Å². The molecule has 0 aliphatic rings. The minimum Gasteiger partial charge on any atom is -0.480 e. The summed E-state index contributed by atoms with van der Waals surface area (Å²) in [6, 6.07) is 1.75. The molecular formula is C19H16ClF4N3O5S. The summed E-state index contributed by atoms with van der Waals surface area (Å²) in [5, 5.41) is 10.4. The topological polar surface area (TPSA) is 110 Å². The van der Waals surface area contributed by atoms with E-state index in [9.17, 15) is 41.8 Å². The van der Waals surface area contributed by atoms with Crippen molar-refractivity contribution in [3.05, 3.63) is 68.2 Å². The Hall–Kier alpha value is -3.06. The number of nitrogens with one attached hydrogen (secondary N) is 1. The first-order valence-electron chi connectivity index (χ1n) is 8.97. The van der Waals surface area contributed by atoms with Gasteiger partial charge in [0, 0.05) is 24.6 Å². The first kappa shape index (κ1) is 26.2. The highest BCUT2D eigenvalue weighted by Gasteiger charge is 2.35. The van der Waals surface area contributed by atoms with E-state index in [0.717, 1.165) is 19.2 Å². The van der Waals surface area contributed by atoms with Crippen molar-refractivity contribution < 1.29 is 32.3 Å². The van der Waals surface area contributed by atoms with Gasteiger partial charge in [0.2, 0.25) is 5.91 Å². The van der Waals surface area contributed by atoms with Gasteiger partial charge in [-0.3, -0.25) is 19.0 Å². The maximum atomic E-state index is 14.6. The van der Waals surface area contributed by atoms with E-state index in [2.05, 4.69) is 11.9 Å². The zero-order chi connectivity index (χ0) is 25.1. The van der Waals surface area contributed by atoms with Crippen LogP contribution in [-0.4, -0.2) is 37.9 Å². The van der Waals surface area contributed by atoms with Crippen molar-refractivity contribution in [3.63, 3.8) is 0 Å². The first-order chi connectivity index (χ1) is 15.3. The number of carboxylic acid groups (broad SMARTS) is 1. The van der Waals surface area contributed by atoms with Gasteiger partial charge in [-0.15, -0.1) is 11.8 Å². The molecule has 2 aromatic rings. The molecule has 0 fully saturated rings. The Morgan fingerprint density at radius 2 is 1.94 bits per heavy atom. The third-order valence-corrected chi connectivity index (χ3v) is 6.03. The fourth-order valence-electron chi connectivity index (χ4n) is 2.68. The van der Waals surface area contributed by atoms with Gasteiger partial charge in [-0.25, -0.2) is 13.8 Å². The van der Waals surface area contributed by atoms with E-state index < -0.39 is 51.8 Å². The van der Waals surface area contributed by atoms with E-state index in [1.165, 1.54) is 0 Å². The average molecular weight is 510 g/mol. The zero-order valence-electron chi connectivity index (χ0n) is 16.8. The van der Waals surface area contributed by atoms with Crippen molar-refractivity contribution in [3.8, 4) is 5.69 Å². The van der Waals surface area contributed by atoms with Crippen LogP contribution in [0, 0.1) is 5.82 Å². The van der Waals surface area contributed by atoms with Gasteiger partial charge in [-0.1, -0.05) is 18.2 Å². The fraction of sp³-hybridized carbons (Fsp3) is 0.263. The van der Waals surface area contributed by atoms with Crippen LogP contribution in [0.1, 0.15) is 12.1 Å². The number of aromatic nitrogens is 2. The minimum absolute atomic E-state index is 0.0423. The molecular weight excluding hydrogens is 494 g/mol. The SMILES string of the molecule is C=CC(=O)NCCC(Sc1cc(-n2c(=O)cc(C(F)(F)F)n(C)c2=O)c(F)cc1Cl)C(=O)O. The number of hydrogen-bond acceptors (Lipinski definition) is 5. The maximum Gasteiger partial charge on any atom is 0.431 e. The number of amides is 1. The van der Waals surface area contributed by atoms with Crippen LogP contribution in [0.15, 0.2) is 45.3 Å². The second kappa shape index (κ2) is 10.3. The molecule has 1 aromatic carbocycles. The molecule has 0 aliphatic carbocycles. The lowest BCUT2D eigenvalue weighted by molar-refractivity contribution is -0.144. The third-order valence-electron chi connectivity index (χ3n) is 4.29. The number of nitrogens with zero attached hydrogens (tertiary/aromatic N) is 2. The number of hydrogen-bond donors (Lipinski definition) is 2. The summed E-state index contributed by atoms with van der Waals surface area (Å²) in [4.78, 5) is 47.5. The smallest absolute Gasteiger partial charge is 0.431 e. The van der Waals surface area contributed by atoms with Crippen molar-refractivity contribution in [1.29, 1.82) is 0 Å². The molecule has 178 valence electrons. The molecule has 0 saturated carbocycles. The number of benzene rings is 1. The largest absolute Gasteiger partial charge is 0.480 e. The monoisotopic (exact) mass is 509 g/mol. The molecule has 2 N–H and O–H groups in total. The van der Waals surface area contributed by atoms with E-state index in [1.807, 2.05) is 0 Å². The Bertz CT molecular complexity index is 1230. The second-order valence-electron chi connectivity index (χ2n) is 6.51. The van der Waals surface area contributed by atoms with Gasteiger partial charge >= 0.3 is 17.8 Å². The molecule has 1 amide bonds. The van der Waals surface area contributed by atoms with Gasteiger partial charge in [0.05, 0.1) is 10.7 Å². The summed E-state index contributed by atoms with van der Waals surface area (Å²) in [6.07, 6.45) is -4.08. The Balaban J connectivity index is 2.51. The molecule has 0 aliphatic heterocycles. The summed E-state index contributed by atoms with van der Waals surface area (Å²) >= 11 is 6.63. The number of halogens is 5. The fourth-order valence-corrected chi connectivity index (χ4v) is 3.96. The Morgan fingerprint density at radius 1 is 1.30 bits per heavy atom. The van der Waals surface area contributed by atoms with Gasteiger partial charge in [0.15, 0.2) is 0 Å². The van der Waals surface area contributed by atoms with Crippen LogP contribution in [-0.2, 0) is 22.8 Å². The second-order valence-corrected chi connectivity index (χ2v) is 8.16. The van der Waals surface area contributed by atoms with Crippen LogP contribution in [0.25, 0.3) is 5.69 Å². The van der Waals surface area contributed by atoms with Gasteiger partial charge in [0.1, 0.15) is 16.8 Å². The molecule has 14 heteroatoms. The molecule has 1 aromatic heterocycles. The highest BCUT2D eigenvalue weighted by Crippen LogP contribution is 2.34. The Morgan fingerprint density at radius 3 is 2.48 bits per heavy atom. The molecule has 1 heterocycles. The number of thioether (sulfide) groups is 1. The lowest BCUT2D eigenvalue weighted by Crippen LogP contribution is -2.41. The molecule has 1 unspecified atom stereocenters. The lowest BCUT2D eigenvalue weighted by atomic mass is 10.3. The lowest BCUT2D eigenvalue weighted by Gasteiger charge is -2.17. The van der Waals surface area contributed by atoms with Gasteiger partial charge in [0.25, 0.3) is 5.56 Å².